The number of carbonyl (C=O) groups is 2. The summed E-state index contributed by atoms with van der Waals surface area (Å²) in [6.45, 7) is 1.31. The monoisotopic (exact) mass is 380 g/mol. The molecular weight excluding hydrogens is 364 g/mol. The van der Waals surface area contributed by atoms with Crippen LogP contribution in [-0.4, -0.2) is 27.3 Å². The van der Waals surface area contributed by atoms with Crippen molar-refractivity contribution in [2.45, 2.75) is 11.8 Å². The molecule has 0 atom stereocenters. The number of hydrogen-bond donors (Lipinski definition) is 0. The lowest BCUT2D eigenvalue weighted by molar-refractivity contribution is -0.115. The van der Waals surface area contributed by atoms with Crippen LogP contribution < -0.4 is 9.21 Å². The average Bonchev–Trinajstić information content (AvgIpc) is 2.96. The summed E-state index contributed by atoms with van der Waals surface area (Å²) in [4.78, 5) is 25.7. The third-order valence-corrected chi connectivity index (χ3v) is 6.57. The van der Waals surface area contributed by atoms with Crippen LogP contribution in [0.3, 0.4) is 0 Å². The Morgan fingerprint density at radius 2 is 1.67 bits per heavy atom. The number of para-hydroxylation sites is 1. The van der Waals surface area contributed by atoms with Crippen LogP contribution in [0.25, 0.3) is 10.8 Å². The number of imide groups is 1. The van der Waals surface area contributed by atoms with Crippen LogP contribution in [0.5, 0.6) is 0 Å². The molecule has 0 fully saturated rings. The standard InChI is InChI=1S/C20H16N2O4S/c1-13(23)22-17-11-12-18(15-9-6-10-16(19(15)17)20(22)24)27(25,26)21(2)14-7-4-3-5-8-14/h3-12H,1-2H3. The van der Waals surface area contributed by atoms with Gasteiger partial charge in [0.05, 0.1) is 21.8 Å². The van der Waals surface area contributed by atoms with Crippen molar-refractivity contribution >= 4 is 44.0 Å². The van der Waals surface area contributed by atoms with Crippen molar-refractivity contribution in [3.05, 3.63) is 66.2 Å². The number of benzene rings is 3. The van der Waals surface area contributed by atoms with Crippen LogP contribution in [0.4, 0.5) is 11.4 Å². The maximum Gasteiger partial charge on any atom is 0.265 e. The topological polar surface area (TPSA) is 74.8 Å². The van der Waals surface area contributed by atoms with E-state index in [1.165, 1.54) is 30.4 Å². The van der Waals surface area contributed by atoms with E-state index in [0.717, 1.165) is 4.90 Å². The fourth-order valence-electron chi connectivity index (χ4n) is 3.42. The summed E-state index contributed by atoms with van der Waals surface area (Å²) in [6, 6.07) is 16.6. The molecule has 0 unspecified atom stereocenters. The Morgan fingerprint density at radius 1 is 0.963 bits per heavy atom. The molecule has 0 spiro atoms. The Morgan fingerprint density at radius 3 is 2.33 bits per heavy atom. The van der Waals surface area contributed by atoms with Gasteiger partial charge in [0.15, 0.2) is 0 Å². The van der Waals surface area contributed by atoms with Gasteiger partial charge in [-0.1, -0.05) is 30.3 Å². The van der Waals surface area contributed by atoms with E-state index >= 15 is 0 Å². The van der Waals surface area contributed by atoms with Gasteiger partial charge in [-0.2, -0.15) is 0 Å². The molecule has 7 heteroatoms. The molecule has 1 aliphatic heterocycles. The molecule has 0 aliphatic carbocycles. The van der Waals surface area contributed by atoms with Gasteiger partial charge in [0, 0.05) is 24.7 Å². The first-order valence-electron chi connectivity index (χ1n) is 8.29. The molecule has 3 aromatic carbocycles. The molecule has 27 heavy (non-hydrogen) atoms. The average molecular weight is 380 g/mol. The molecule has 0 saturated heterocycles. The summed E-state index contributed by atoms with van der Waals surface area (Å²) in [5.74, 6) is -0.844. The van der Waals surface area contributed by atoms with Crippen molar-refractivity contribution in [2.24, 2.45) is 0 Å². The molecule has 136 valence electrons. The van der Waals surface area contributed by atoms with Crippen molar-refractivity contribution in [2.75, 3.05) is 16.3 Å². The second-order valence-electron chi connectivity index (χ2n) is 6.28. The zero-order valence-electron chi connectivity index (χ0n) is 14.7. The first-order chi connectivity index (χ1) is 12.8. The molecule has 1 heterocycles. The van der Waals surface area contributed by atoms with Gasteiger partial charge >= 0.3 is 0 Å². The molecule has 2 amide bonds. The zero-order chi connectivity index (χ0) is 19.3. The van der Waals surface area contributed by atoms with Crippen molar-refractivity contribution in [1.82, 2.24) is 0 Å². The maximum atomic E-state index is 13.2. The van der Waals surface area contributed by atoms with Crippen molar-refractivity contribution in [3.8, 4) is 0 Å². The quantitative estimate of drug-likeness (QED) is 0.699. The predicted octanol–water partition coefficient (Wildman–Crippen LogP) is 3.17. The van der Waals surface area contributed by atoms with Crippen LogP contribution >= 0.6 is 0 Å². The van der Waals surface area contributed by atoms with Crippen molar-refractivity contribution in [1.29, 1.82) is 0 Å². The minimum Gasteiger partial charge on any atom is -0.274 e. The molecular formula is C20H16N2O4S. The number of nitrogens with zero attached hydrogens (tertiary/aromatic N) is 2. The van der Waals surface area contributed by atoms with Gasteiger partial charge in [0.1, 0.15) is 0 Å². The third-order valence-electron chi connectivity index (χ3n) is 4.73. The first kappa shape index (κ1) is 17.2. The lowest BCUT2D eigenvalue weighted by Crippen LogP contribution is -2.31. The Hall–Kier alpha value is -3.19. The number of sulfonamides is 1. The highest BCUT2D eigenvalue weighted by Gasteiger charge is 2.35. The van der Waals surface area contributed by atoms with Crippen molar-refractivity contribution < 1.29 is 18.0 Å². The molecule has 1 aliphatic rings. The van der Waals surface area contributed by atoms with Gasteiger partial charge in [-0.15, -0.1) is 0 Å². The number of rotatable bonds is 3. The van der Waals surface area contributed by atoms with Gasteiger partial charge in [-0.25, -0.2) is 13.3 Å². The van der Waals surface area contributed by atoms with E-state index in [2.05, 4.69) is 0 Å². The van der Waals surface area contributed by atoms with Crippen LogP contribution in [0.15, 0.2) is 65.6 Å². The van der Waals surface area contributed by atoms with Crippen LogP contribution in [0, 0.1) is 0 Å². The molecule has 4 rings (SSSR count). The highest BCUT2D eigenvalue weighted by Crippen LogP contribution is 2.41. The maximum absolute atomic E-state index is 13.2. The second kappa shape index (κ2) is 5.92. The fraction of sp³-hybridized carbons (Fsp3) is 0.100. The van der Waals surface area contributed by atoms with Crippen LogP contribution in [-0.2, 0) is 14.8 Å². The molecule has 0 N–H and O–H groups in total. The molecule has 0 aromatic heterocycles. The summed E-state index contributed by atoms with van der Waals surface area (Å²) in [5.41, 5.74) is 1.28. The summed E-state index contributed by atoms with van der Waals surface area (Å²) in [6.07, 6.45) is 0. The summed E-state index contributed by atoms with van der Waals surface area (Å²) >= 11 is 0. The van der Waals surface area contributed by atoms with E-state index in [0.29, 0.717) is 27.7 Å². The minimum absolute atomic E-state index is 0.0904. The summed E-state index contributed by atoms with van der Waals surface area (Å²) in [5, 5.41) is 0.908. The Labute approximate surface area is 156 Å². The fourth-order valence-corrected chi connectivity index (χ4v) is 4.80. The number of anilines is 2. The number of carbonyl (C=O) groups excluding carboxylic acids is 2. The van der Waals surface area contributed by atoms with Crippen LogP contribution in [0.1, 0.15) is 17.3 Å². The number of amides is 2. The normalized spacial score (nSPS) is 13.3. The van der Waals surface area contributed by atoms with Gasteiger partial charge in [-0.3, -0.25) is 13.9 Å². The summed E-state index contributed by atoms with van der Waals surface area (Å²) in [7, 11) is -2.37. The first-order valence-corrected chi connectivity index (χ1v) is 9.73. The molecule has 3 aromatic rings. The highest BCUT2D eigenvalue weighted by molar-refractivity contribution is 7.93. The van der Waals surface area contributed by atoms with E-state index in [9.17, 15) is 18.0 Å². The number of hydrogen-bond acceptors (Lipinski definition) is 4. The Bertz CT molecular complexity index is 1200. The van der Waals surface area contributed by atoms with Gasteiger partial charge < -0.3 is 0 Å². The summed E-state index contributed by atoms with van der Waals surface area (Å²) < 4.78 is 27.7. The van der Waals surface area contributed by atoms with E-state index in [1.54, 1.807) is 42.5 Å². The molecule has 6 nitrogen and oxygen atoms in total. The zero-order valence-corrected chi connectivity index (χ0v) is 15.5. The van der Waals surface area contributed by atoms with E-state index < -0.39 is 21.8 Å². The lowest BCUT2D eigenvalue weighted by Gasteiger charge is -2.21. The second-order valence-corrected chi connectivity index (χ2v) is 8.22. The smallest absolute Gasteiger partial charge is 0.265 e. The molecule has 0 bridgehead atoms. The predicted molar refractivity (Wildman–Crippen MR) is 103 cm³/mol. The molecule has 0 saturated carbocycles. The van der Waals surface area contributed by atoms with Gasteiger partial charge in [0.2, 0.25) is 5.91 Å². The minimum atomic E-state index is -3.86. The van der Waals surface area contributed by atoms with E-state index in [4.69, 9.17) is 0 Å². The van der Waals surface area contributed by atoms with Gasteiger partial charge in [-0.05, 0) is 30.3 Å². The van der Waals surface area contributed by atoms with E-state index in [-0.39, 0.29) is 4.90 Å². The van der Waals surface area contributed by atoms with Crippen molar-refractivity contribution in [3.63, 3.8) is 0 Å². The highest BCUT2D eigenvalue weighted by atomic mass is 32.2. The van der Waals surface area contributed by atoms with Gasteiger partial charge in [0.25, 0.3) is 15.9 Å². The SMILES string of the molecule is CC(=O)N1C(=O)c2cccc3c(S(=O)(=O)N(C)c4ccccc4)ccc1c23. The van der Waals surface area contributed by atoms with E-state index in [1.807, 2.05) is 6.07 Å². The largest absolute Gasteiger partial charge is 0.274 e. The van der Waals surface area contributed by atoms with Crippen LogP contribution in [0.2, 0.25) is 0 Å². The Balaban J connectivity index is 1.96. The lowest BCUT2D eigenvalue weighted by atomic mass is 10.1. The Kier molecular flexibility index (Phi) is 3.78. The molecule has 0 radical (unpaired) electrons. The third kappa shape index (κ3) is 2.43.